The summed E-state index contributed by atoms with van der Waals surface area (Å²) in [7, 11) is 0. The number of nitrogens with zero attached hydrogens (tertiary/aromatic N) is 1. The van der Waals surface area contributed by atoms with Gasteiger partial charge in [0.2, 0.25) is 0 Å². The molecule has 2 N–H and O–H groups in total. The largest absolute Gasteiger partial charge is 0.324 e. The van der Waals surface area contributed by atoms with E-state index in [1.165, 1.54) is 36.9 Å². The van der Waals surface area contributed by atoms with Crippen LogP contribution in [0.4, 0.5) is 0 Å². The van der Waals surface area contributed by atoms with Gasteiger partial charge in [-0.05, 0) is 50.7 Å². The van der Waals surface area contributed by atoms with E-state index >= 15 is 0 Å². The van der Waals surface area contributed by atoms with Gasteiger partial charge >= 0.3 is 0 Å². The van der Waals surface area contributed by atoms with E-state index in [0.29, 0.717) is 0 Å². The third-order valence-electron chi connectivity index (χ3n) is 4.10. The van der Waals surface area contributed by atoms with Crippen LogP contribution in [0.25, 0.3) is 0 Å². The van der Waals surface area contributed by atoms with Crippen LogP contribution in [0.3, 0.4) is 0 Å². The molecular formula is C16H26N2O. The SMILES string of the molecule is CCCCCn1c2c(cc(C(C)N)c1=O)CCCC2. The molecule has 1 unspecified atom stereocenters. The number of fused-ring (bicyclic) bond motifs is 1. The summed E-state index contributed by atoms with van der Waals surface area (Å²) in [5.41, 5.74) is 9.52. The number of pyridine rings is 1. The van der Waals surface area contributed by atoms with Gasteiger partial charge in [-0.2, -0.15) is 0 Å². The third kappa shape index (κ3) is 3.08. The van der Waals surface area contributed by atoms with Crippen LogP contribution in [-0.4, -0.2) is 4.57 Å². The molecule has 0 saturated carbocycles. The highest BCUT2D eigenvalue weighted by Gasteiger charge is 2.18. The fraction of sp³-hybridized carbons (Fsp3) is 0.688. The van der Waals surface area contributed by atoms with Crippen molar-refractivity contribution in [3.05, 3.63) is 33.2 Å². The Labute approximate surface area is 115 Å². The molecule has 0 aromatic carbocycles. The average Bonchev–Trinajstić information content (AvgIpc) is 2.40. The van der Waals surface area contributed by atoms with Crippen LogP contribution < -0.4 is 11.3 Å². The summed E-state index contributed by atoms with van der Waals surface area (Å²) in [6.45, 7) is 4.95. The molecule has 0 radical (unpaired) electrons. The molecule has 1 aliphatic carbocycles. The first-order valence-corrected chi connectivity index (χ1v) is 7.66. The zero-order valence-electron chi connectivity index (χ0n) is 12.2. The molecule has 1 heterocycles. The van der Waals surface area contributed by atoms with E-state index in [9.17, 15) is 4.79 Å². The van der Waals surface area contributed by atoms with Crippen LogP contribution in [0.5, 0.6) is 0 Å². The quantitative estimate of drug-likeness (QED) is 0.829. The minimum atomic E-state index is -0.169. The van der Waals surface area contributed by atoms with Gasteiger partial charge in [-0.25, -0.2) is 0 Å². The predicted octanol–water partition coefficient (Wildman–Crippen LogP) is 2.94. The standard InChI is InChI=1S/C16H26N2O/c1-3-4-7-10-18-15-9-6-5-8-13(15)11-14(12(2)17)16(18)19/h11-12H,3-10,17H2,1-2H3. The van der Waals surface area contributed by atoms with Crippen molar-refractivity contribution in [2.24, 2.45) is 5.73 Å². The Morgan fingerprint density at radius 2 is 2.05 bits per heavy atom. The lowest BCUT2D eigenvalue weighted by Gasteiger charge is -2.23. The molecule has 3 nitrogen and oxygen atoms in total. The lowest BCUT2D eigenvalue weighted by Crippen LogP contribution is -2.32. The molecule has 0 bridgehead atoms. The molecule has 1 atom stereocenters. The van der Waals surface area contributed by atoms with E-state index in [2.05, 4.69) is 13.0 Å². The number of aromatic nitrogens is 1. The Kier molecular flexibility index (Phi) is 4.81. The van der Waals surface area contributed by atoms with Gasteiger partial charge in [-0.15, -0.1) is 0 Å². The van der Waals surface area contributed by atoms with E-state index < -0.39 is 0 Å². The maximum atomic E-state index is 12.6. The van der Waals surface area contributed by atoms with Crippen molar-refractivity contribution in [2.45, 2.75) is 71.4 Å². The second kappa shape index (κ2) is 6.38. The number of rotatable bonds is 5. The minimum absolute atomic E-state index is 0.145. The molecule has 0 saturated heterocycles. The molecule has 1 aromatic rings. The van der Waals surface area contributed by atoms with Gasteiger partial charge in [0.1, 0.15) is 0 Å². The first kappa shape index (κ1) is 14.3. The number of hydrogen-bond acceptors (Lipinski definition) is 2. The predicted molar refractivity (Wildman–Crippen MR) is 79.5 cm³/mol. The second-order valence-corrected chi connectivity index (χ2v) is 5.73. The van der Waals surface area contributed by atoms with E-state index in [1.54, 1.807) is 0 Å². The molecule has 0 amide bonds. The average molecular weight is 262 g/mol. The van der Waals surface area contributed by atoms with Gasteiger partial charge in [-0.3, -0.25) is 4.79 Å². The summed E-state index contributed by atoms with van der Waals surface area (Å²) in [5, 5.41) is 0. The summed E-state index contributed by atoms with van der Waals surface area (Å²) >= 11 is 0. The van der Waals surface area contributed by atoms with Crippen molar-refractivity contribution < 1.29 is 0 Å². The van der Waals surface area contributed by atoms with Gasteiger partial charge in [0.25, 0.3) is 5.56 Å². The monoisotopic (exact) mass is 262 g/mol. The fourth-order valence-corrected chi connectivity index (χ4v) is 2.99. The van der Waals surface area contributed by atoms with E-state index in [-0.39, 0.29) is 11.6 Å². The summed E-state index contributed by atoms with van der Waals surface area (Å²) in [6, 6.07) is 1.90. The molecule has 106 valence electrons. The van der Waals surface area contributed by atoms with Crippen molar-refractivity contribution in [1.29, 1.82) is 0 Å². The zero-order valence-corrected chi connectivity index (χ0v) is 12.2. The third-order valence-corrected chi connectivity index (χ3v) is 4.10. The number of nitrogens with two attached hydrogens (primary N) is 1. The van der Waals surface area contributed by atoms with Gasteiger partial charge in [0, 0.05) is 23.8 Å². The van der Waals surface area contributed by atoms with Gasteiger partial charge < -0.3 is 10.3 Å². The number of aryl methyl sites for hydroxylation is 1. The number of hydrogen-bond donors (Lipinski definition) is 1. The van der Waals surface area contributed by atoms with E-state index in [0.717, 1.165) is 31.4 Å². The van der Waals surface area contributed by atoms with Crippen LogP contribution in [-0.2, 0) is 19.4 Å². The molecule has 3 heteroatoms. The van der Waals surface area contributed by atoms with E-state index in [1.807, 2.05) is 11.5 Å². The van der Waals surface area contributed by atoms with Gasteiger partial charge in [0.15, 0.2) is 0 Å². The zero-order chi connectivity index (χ0) is 13.8. The van der Waals surface area contributed by atoms with Crippen LogP contribution in [0.1, 0.15) is 68.8 Å². The summed E-state index contributed by atoms with van der Waals surface area (Å²) in [6.07, 6.45) is 8.05. The number of unbranched alkanes of at least 4 members (excludes halogenated alkanes) is 2. The summed E-state index contributed by atoms with van der Waals surface area (Å²) in [4.78, 5) is 12.6. The van der Waals surface area contributed by atoms with Crippen molar-refractivity contribution >= 4 is 0 Å². The molecular weight excluding hydrogens is 236 g/mol. The van der Waals surface area contributed by atoms with Crippen molar-refractivity contribution in [1.82, 2.24) is 4.57 Å². The Bertz CT molecular complexity index is 488. The lowest BCUT2D eigenvalue weighted by atomic mass is 9.93. The highest BCUT2D eigenvalue weighted by atomic mass is 16.1. The fourth-order valence-electron chi connectivity index (χ4n) is 2.99. The van der Waals surface area contributed by atoms with Gasteiger partial charge in [-0.1, -0.05) is 19.8 Å². The minimum Gasteiger partial charge on any atom is -0.324 e. The molecule has 1 aromatic heterocycles. The Hall–Kier alpha value is -1.09. The maximum Gasteiger partial charge on any atom is 0.255 e. The maximum absolute atomic E-state index is 12.6. The smallest absolute Gasteiger partial charge is 0.255 e. The Morgan fingerprint density at radius 3 is 2.74 bits per heavy atom. The molecule has 2 rings (SSSR count). The van der Waals surface area contributed by atoms with Crippen molar-refractivity contribution in [3.63, 3.8) is 0 Å². The molecule has 0 spiro atoms. The first-order valence-electron chi connectivity index (χ1n) is 7.66. The first-order chi connectivity index (χ1) is 9.15. The van der Waals surface area contributed by atoms with Crippen molar-refractivity contribution in [2.75, 3.05) is 0 Å². The second-order valence-electron chi connectivity index (χ2n) is 5.73. The van der Waals surface area contributed by atoms with Crippen LogP contribution in [0, 0.1) is 0 Å². The summed E-state index contributed by atoms with van der Waals surface area (Å²) < 4.78 is 2.02. The van der Waals surface area contributed by atoms with Crippen LogP contribution in [0.15, 0.2) is 10.9 Å². The Balaban J connectivity index is 2.41. The summed E-state index contributed by atoms with van der Waals surface area (Å²) in [5.74, 6) is 0. The Morgan fingerprint density at radius 1 is 1.32 bits per heavy atom. The van der Waals surface area contributed by atoms with E-state index in [4.69, 9.17) is 5.73 Å². The highest BCUT2D eigenvalue weighted by Crippen LogP contribution is 2.22. The topological polar surface area (TPSA) is 48.0 Å². The molecule has 0 fully saturated rings. The van der Waals surface area contributed by atoms with Crippen molar-refractivity contribution in [3.8, 4) is 0 Å². The normalized spacial score (nSPS) is 16.2. The van der Waals surface area contributed by atoms with Gasteiger partial charge in [0.05, 0.1) is 0 Å². The lowest BCUT2D eigenvalue weighted by molar-refractivity contribution is 0.529. The molecule has 19 heavy (non-hydrogen) atoms. The molecule has 0 aliphatic heterocycles. The van der Waals surface area contributed by atoms with Crippen LogP contribution >= 0.6 is 0 Å². The highest BCUT2D eigenvalue weighted by molar-refractivity contribution is 5.30. The van der Waals surface area contributed by atoms with Crippen LogP contribution in [0.2, 0.25) is 0 Å². The molecule has 1 aliphatic rings.